The van der Waals surface area contributed by atoms with E-state index in [1.54, 1.807) is 24.3 Å². The number of para-hydroxylation sites is 1. The molecule has 214 valence electrons. The van der Waals surface area contributed by atoms with Gasteiger partial charge in [-0.05, 0) is 61.6 Å². The van der Waals surface area contributed by atoms with Gasteiger partial charge in [-0.2, -0.15) is 0 Å². The van der Waals surface area contributed by atoms with Crippen LogP contribution in [0.2, 0.25) is 0 Å². The molecule has 46 heavy (non-hydrogen) atoms. The first-order valence-corrected chi connectivity index (χ1v) is 14.5. The number of hydrogen-bond acceptors (Lipinski definition) is 2. The molecule has 0 amide bonds. The fourth-order valence-corrected chi connectivity index (χ4v) is 6.46. The maximum absolute atomic E-state index is 9.45. The maximum Gasteiger partial charge on any atom is 0.146 e. The highest BCUT2D eigenvalue weighted by Gasteiger charge is 2.22. The number of fused-ring (bicyclic) bond motifs is 8. The van der Waals surface area contributed by atoms with Gasteiger partial charge in [0.05, 0.1) is 25.9 Å². The summed E-state index contributed by atoms with van der Waals surface area (Å²) in [6.07, 6.45) is 0. The van der Waals surface area contributed by atoms with Crippen LogP contribution in [0.4, 0.5) is 0 Å². The van der Waals surface area contributed by atoms with E-state index in [0.29, 0.717) is 27.7 Å². The second-order valence-corrected chi connectivity index (χ2v) is 10.9. The molecule has 0 saturated heterocycles. The highest BCUT2D eigenvalue weighted by molar-refractivity contribution is 6.27. The molecule has 10 aromatic rings. The van der Waals surface area contributed by atoms with Crippen molar-refractivity contribution < 1.29 is 29.4 Å². The fourth-order valence-electron chi connectivity index (χ4n) is 6.46. The predicted octanol–water partition coefficient (Wildman–Crippen LogP) is 12.8. The molecule has 0 aliphatic heterocycles. The van der Waals surface area contributed by atoms with Crippen molar-refractivity contribution in [3.63, 3.8) is 0 Å². The second-order valence-electron chi connectivity index (χ2n) is 10.9. The Morgan fingerprint density at radius 3 is 1.83 bits per heavy atom. The normalized spacial score (nSPS) is 16.5. The van der Waals surface area contributed by atoms with E-state index in [9.17, 15) is 6.85 Å². The van der Waals surface area contributed by atoms with Gasteiger partial charge in [0.25, 0.3) is 0 Å². The summed E-state index contributed by atoms with van der Waals surface area (Å²) in [5.41, 5.74) is 1.23. The van der Waals surface area contributed by atoms with Crippen molar-refractivity contribution in [3.05, 3.63) is 157 Å². The summed E-state index contributed by atoms with van der Waals surface area (Å²) in [5, 5.41) is -0.148. The van der Waals surface area contributed by atoms with Gasteiger partial charge in [0, 0.05) is 27.5 Å². The zero-order valence-corrected chi connectivity index (χ0v) is 23.7. The first-order valence-electron chi connectivity index (χ1n) is 22.0. The fraction of sp³-hybridized carbons (Fsp3) is 0. The molecule has 0 radical (unpaired) electrons. The Kier molecular flexibility index (Phi) is 3.11. The van der Waals surface area contributed by atoms with Crippen molar-refractivity contribution in [2.75, 3.05) is 0 Å². The highest BCUT2D eigenvalue weighted by Crippen LogP contribution is 2.48. The lowest BCUT2D eigenvalue weighted by Gasteiger charge is -2.18. The van der Waals surface area contributed by atoms with E-state index in [0.717, 1.165) is 10.9 Å². The van der Waals surface area contributed by atoms with Crippen molar-refractivity contribution >= 4 is 65.2 Å². The van der Waals surface area contributed by atoms with Gasteiger partial charge < -0.3 is 8.83 Å². The van der Waals surface area contributed by atoms with E-state index in [1.165, 1.54) is 0 Å². The van der Waals surface area contributed by atoms with Crippen molar-refractivity contribution in [1.29, 1.82) is 0 Å². The van der Waals surface area contributed by atoms with Gasteiger partial charge in [-0.1, -0.05) is 139 Å². The Balaban J connectivity index is 1.47. The van der Waals surface area contributed by atoms with E-state index in [4.69, 9.17) is 22.5 Å². The molecule has 0 bridgehead atoms. The second kappa shape index (κ2) is 9.69. The van der Waals surface area contributed by atoms with Gasteiger partial charge in [0.15, 0.2) is 0 Å². The number of furan rings is 2. The monoisotopic (exact) mass is 601 g/mol. The van der Waals surface area contributed by atoms with Crippen LogP contribution in [0.15, 0.2) is 166 Å². The molecule has 8 aromatic carbocycles. The SMILES string of the molecule is [2H]c1c([2H])c([2H])c2c(-c3c4c([2H])c([2H])c([2H])c([2H])c4c(-c4cccc5c4oc4ccc6cc(-c7ccccc7)oc6c45)c4c([2H])c([2H])c([2H])c([2H])c34)c([2H])c([2H])c([2H])c2c1[2H]. The Morgan fingerprint density at radius 2 is 1.09 bits per heavy atom. The molecule has 0 aliphatic rings. The molecular formula is C44H26O2. The Hall–Kier alpha value is -6.12. The van der Waals surface area contributed by atoms with Crippen molar-refractivity contribution in [2.24, 2.45) is 0 Å². The van der Waals surface area contributed by atoms with Gasteiger partial charge >= 0.3 is 0 Å². The van der Waals surface area contributed by atoms with E-state index in [-0.39, 0.29) is 43.8 Å². The average molecular weight is 602 g/mol. The number of benzene rings is 8. The van der Waals surface area contributed by atoms with Crippen molar-refractivity contribution in [1.82, 2.24) is 0 Å². The quantitative estimate of drug-likeness (QED) is 0.188. The molecule has 2 heterocycles. The third-order valence-electron chi connectivity index (χ3n) is 8.41. The lowest BCUT2D eigenvalue weighted by Crippen LogP contribution is -1.91. The van der Waals surface area contributed by atoms with Crippen LogP contribution in [-0.4, -0.2) is 0 Å². The van der Waals surface area contributed by atoms with E-state index in [1.807, 2.05) is 42.5 Å². The van der Waals surface area contributed by atoms with Gasteiger partial charge in [-0.3, -0.25) is 0 Å². The van der Waals surface area contributed by atoms with Crippen LogP contribution in [0.25, 0.3) is 98.8 Å². The van der Waals surface area contributed by atoms with Gasteiger partial charge in [-0.15, -0.1) is 0 Å². The molecule has 10 rings (SSSR count). The molecule has 0 N–H and O–H groups in total. The van der Waals surface area contributed by atoms with Crippen molar-refractivity contribution in [3.8, 4) is 33.6 Å². The van der Waals surface area contributed by atoms with Crippen LogP contribution in [-0.2, 0) is 0 Å². The Bertz CT molecular complexity index is 3560. The van der Waals surface area contributed by atoms with Crippen LogP contribution < -0.4 is 0 Å². The minimum Gasteiger partial charge on any atom is -0.455 e. The third-order valence-corrected chi connectivity index (χ3v) is 8.41. The number of rotatable bonds is 3. The first-order chi connectivity index (χ1) is 29.1. The Labute approximate surface area is 285 Å². The summed E-state index contributed by atoms with van der Waals surface area (Å²) >= 11 is 0. The standard InChI is InChI=1S/C44H26O2/c1-2-13-28(14-3-1)39-26-29-24-25-38-42(43(29)46-39)37-23-11-22-36(44(37)45-38)41-34-19-8-6-17-32(34)40(33-18-7-9-20-35(33)41)31-21-10-15-27-12-4-5-16-30(27)31/h1-26H/i4D,5D,6D,7D,8D,9D,10D,12D,15D,16D,17D,18D,19D,20D,21D. The smallest absolute Gasteiger partial charge is 0.146 e. The minimum absolute atomic E-state index is 0.0565. The molecule has 0 unspecified atom stereocenters. The molecule has 2 heteroatoms. The van der Waals surface area contributed by atoms with E-state index >= 15 is 0 Å². The largest absolute Gasteiger partial charge is 0.455 e. The van der Waals surface area contributed by atoms with Crippen molar-refractivity contribution in [2.45, 2.75) is 0 Å². The van der Waals surface area contributed by atoms with E-state index < -0.39 is 107 Å². The summed E-state index contributed by atoms with van der Waals surface area (Å²) in [7, 11) is 0. The van der Waals surface area contributed by atoms with Gasteiger partial charge in [0.2, 0.25) is 0 Å². The summed E-state index contributed by atoms with van der Waals surface area (Å²) in [6.45, 7) is 0. The first kappa shape index (κ1) is 14.8. The highest BCUT2D eigenvalue weighted by atomic mass is 16.3. The van der Waals surface area contributed by atoms with Crippen LogP contribution in [0.1, 0.15) is 20.6 Å². The average Bonchev–Trinajstić information content (AvgIpc) is 3.88. The van der Waals surface area contributed by atoms with Crippen LogP contribution in [0.3, 0.4) is 0 Å². The molecule has 0 spiro atoms. The summed E-state index contributed by atoms with van der Waals surface area (Å²) in [6, 6.07) is 9.55. The lowest BCUT2D eigenvalue weighted by atomic mass is 9.84. The maximum atomic E-state index is 9.45. The van der Waals surface area contributed by atoms with Gasteiger partial charge in [-0.25, -0.2) is 0 Å². The molecule has 0 atom stereocenters. The van der Waals surface area contributed by atoms with Crippen LogP contribution in [0, 0.1) is 0 Å². The summed E-state index contributed by atoms with van der Waals surface area (Å²) in [4.78, 5) is 0. The minimum atomic E-state index is -0.772. The predicted molar refractivity (Wildman–Crippen MR) is 192 cm³/mol. The molecule has 0 saturated carbocycles. The topological polar surface area (TPSA) is 26.3 Å². The summed E-state index contributed by atoms with van der Waals surface area (Å²) in [5.74, 6) is 0.605. The third kappa shape index (κ3) is 3.59. The zero-order valence-electron chi connectivity index (χ0n) is 38.7. The van der Waals surface area contributed by atoms with Crippen LogP contribution >= 0.6 is 0 Å². The molecule has 0 fully saturated rings. The lowest BCUT2D eigenvalue weighted by molar-refractivity contribution is 0.633. The molecule has 2 nitrogen and oxygen atoms in total. The Morgan fingerprint density at radius 1 is 0.435 bits per heavy atom. The molecule has 2 aromatic heterocycles. The zero-order chi connectivity index (χ0) is 43.2. The molecular weight excluding hydrogens is 560 g/mol. The van der Waals surface area contributed by atoms with Gasteiger partial charge in [0.1, 0.15) is 22.5 Å². The van der Waals surface area contributed by atoms with E-state index in [2.05, 4.69) is 0 Å². The van der Waals surface area contributed by atoms with Crippen LogP contribution in [0.5, 0.6) is 0 Å². The molecule has 0 aliphatic carbocycles. The summed E-state index contributed by atoms with van der Waals surface area (Å²) < 4.78 is 148. The number of hydrogen-bond donors (Lipinski definition) is 0.